The number of rotatable bonds is 3. The molecule has 3 heterocycles. The molecule has 7 nitrogen and oxygen atoms in total. The average molecular weight is 407 g/mol. The molecule has 1 amide bonds. The molecule has 0 unspecified atom stereocenters. The Kier molecular flexibility index (Phi) is 4.12. The second kappa shape index (κ2) is 6.41. The highest BCUT2D eigenvalue weighted by Gasteiger charge is 2.35. The SMILES string of the molecule is O=C(Nc1nc2c(s1)CCCC2)c1c2c(nn1[C@H]1CCS(=O)(=O)C1)CCC2. The number of hydrogen-bond acceptors (Lipinski definition) is 6. The summed E-state index contributed by atoms with van der Waals surface area (Å²) in [6, 6.07) is -0.245. The van der Waals surface area contributed by atoms with Crippen LogP contribution < -0.4 is 5.32 Å². The lowest BCUT2D eigenvalue weighted by atomic mass is 10.0. The van der Waals surface area contributed by atoms with E-state index in [2.05, 4.69) is 15.4 Å². The van der Waals surface area contributed by atoms with Gasteiger partial charge in [-0.05, 0) is 51.4 Å². The van der Waals surface area contributed by atoms with Crippen LogP contribution in [0.2, 0.25) is 0 Å². The third-order valence-electron chi connectivity index (χ3n) is 5.77. The van der Waals surface area contributed by atoms with Crippen molar-refractivity contribution in [1.29, 1.82) is 0 Å². The molecule has 0 radical (unpaired) electrons. The molecule has 0 saturated carbocycles. The predicted octanol–water partition coefficient (Wildman–Crippen LogP) is 2.32. The van der Waals surface area contributed by atoms with E-state index in [1.54, 1.807) is 16.0 Å². The molecule has 0 aromatic carbocycles. The van der Waals surface area contributed by atoms with Crippen molar-refractivity contribution in [1.82, 2.24) is 14.8 Å². The highest BCUT2D eigenvalue weighted by molar-refractivity contribution is 7.91. The average Bonchev–Trinajstić information content (AvgIpc) is 3.35. The smallest absolute Gasteiger partial charge is 0.276 e. The molecule has 3 aliphatic rings. The number of amides is 1. The molecule has 2 aromatic rings. The monoisotopic (exact) mass is 406 g/mol. The van der Waals surface area contributed by atoms with Crippen molar-refractivity contribution in [2.75, 3.05) is 16.8 Å². The number of carbonyl (C=O) groups excluding carboxylic acids is 1. The maximum Gasteiger partial charge on any atom is 0.276 e. The molecule has 1 aliphatic heterocycles. The number of thiazole rings is 1. The highest BCUT2D eigenvalue weighted by atomic mass is 32.2. The number of hydrogen-bond donors (Lipinski definition) is 1. The third-order valence-corrected chi connectivity index (χ3v) is 8.59. The lowest BCUT2D eigenvalue weighted by molar-refractivity contribution is 0.101. The fraction of sp³-hybridized carbons (Fsp3) is 0.611. The van der Waals surface area contributed by atoms with Gasteiger partial charge in [0.2, 0.25) is 0 Å². The van der Waals surface area contributed by atoms with Crippen LogP contribution in [-0.2, 0) is 35.5 Å². The van der Waals surface area contributed by atoms with Crippen LogP contribution in [0.25, 0.3) is 0 Å². The zero-order chi connectivity index (χ0) is 18.6. The minimum atomic E-state index is -3.04. The fourth-order valence-corrected chi connectivity index (χ4v) is 7.18. The maximum absolute atomic E-state index is 13.1. The molecule has 1 saturated heterocycles. The van der Waals surface area contributed by atoms with Crippen LogP contribution in [0.5, 0.6) is 0 Å². The highest BCUT2D eigenvalue weighted by Crippen LogP contribution is 2.33. The van der Waals surface area contributed by atoms with Crippen molar-refractivity contribution in [2.24, 2.45) is 0 Å². The van der Waals surface area contributed by atoms with Crippen LogP contribution in [0.3, 0.4) is 0 Å². The summed E-state index contributed by atoms with van der Waals surface area (Å²) in [5.74, 6) is 0.0306. The van der Waals surface area contributed by atoms with Gasteiger partial charge in [0.05, 0.1) is 28.9 Å². The van der Waals surface area contributed by atoms with E-state index in [-0.39, 0.29) is 23.5 Å². The molecule has 5 rings (SSSR count). The van der Waals surface area contributed by atoms with Gasteiger partial charge in [0.15, 0.2) is 15.0 Å². The van der Waals surface area contributed by atoms with Crippen LogP contribution in [0.1, 0.15) is 64.0 Å². The van der Waals surface area contributed by atoms with E-state index < -0.39 is 9.84 Å². The minimum Gasteiger partial charge on any atom is -0.296 e. The number of aryl methyl sites for hydroxylation is 3. The molecule has 1 N–H and O–H groups in total. The molecule has 2 aliphatic carbocycles. The Labute approximate surface area is 162 Å². The third kappa shape index (κ3) is 3.10. The first-order chi connectivity index (χ1) is 13.0. The maximum atomic E-state index is 13.1. The topological polar surface area (TPSA) is 93.9 Å². The van der Waals surface area contributed by atoms with Gasteiger partial charge in [0.1, 0.15) is 5.69 Å². The number of nitrogens with one attached hydrogen (secondary N) is 1. The predicted molar refractivity (Wildman–Crippen MR) is 103 cm³/mol. The van der Waals surface area contributed by atoms with Crippen molar-refractivity contribution in [2.45, 2.75) is 57.4 Å². The lowest BCUT2D eigenvalue weighted by Gasteiger charge is -2.14. The van der Waals surface area contributed by atoms with Crippen LogP contribution in [-0.4, -0.2) is 40.6 Å². The molecule has 9 heteroatoms. The first-order valence-corrected chi connectivity index (χ1v) is 12.2. The van der Waals surface area contributed by atoms with E-state index in [1.165, 1.54) is 11.3 Å². The zero-order valence-corrected chi connectivity index (χ0v) is 16.7. The van der Waals surface area contributed by atoms with Gasteiger partial charge in [-0.2, -0.15) is 5.10 Å². The second-order valence-corrected chi connectivity index (χ2v) is 11.0. The number of fused-ring (bicyclic) bond motifs is 2. The molecule has 144 valence electrons. The number of sulfone groups is 1. The van der Waals surface area contributed by atoms with Gasteiger partial charge in [-0.1, -0.05) is 0 Å². The molecule has 0 spiro atoms. The van der Waals surface area contributed by atoms with Gasteiger partial charge in [-0.3, -0.25) is 14.8 Å². The summed E-state index contributed by atoms with van der Waals surface area (Å²) in [6.45, 7) is 0. The zero-order valence-electron chi connectivity index (χ0n) is 15.0. The summed E-state index contributed by atoms with van der Waals surface area (Å²) < 4.78 is 25.5. The van der Waals surface area contributed by atoms with Crippen LogP contribution in [0, 0.1) is 0 Å². The van der Waals surface area contributed by atoms with E-state index in [9.17, 15) is 13.2 Å². The van der Waals surface area contributed by atoms with Gasteiger partial charge in [0, 0.05) is 10.4 Å². The normalized spacial score (nSPS) is 23.2. The van der Waals surface area contributed by atoms with Crippen molar-refractivity contribution < 1.29 is 13.2 Å². The summed E-state index contributed by atoms with van der Waals surface area (Å²) in [5, 5.41) is 8.26. The van der Waals surface area contributed by atoms with Crippen molar-refractivity contribution in [3.05, 3.63) is 27.5 Å². The van der Waals surface area contributed by atoms with Crippen molar-refractivity contribution in [3.63, 3.8) is 0 Å². The van der Waals surface area contributed by atoms with Crippen molar-refractivity contribution >= 4 is 32.2 Å². The Morgan fingerprint density at radius 3 is 2.70 bits per heavy atom. The van der Waals surface area contributed by atoms with Gasteiger partial charge >= 0.3 is 0 Å². The molecule has 2 aromatic heterocycles. The quantitative estimate of drug-likeness (QED) is 0.844. The summed E-state index contributed by atoms with van der Waals surface area (Å²) in [7, 11) is -3.04. The lowest BCUT2D eigenvalue weighted by Crippen LogP contribution is -2.23. The second-order valence-electron chi connectivity index (χ2n) is 7.68. The van der Waals surface area contributed by atoms with Crippen molar-refractivity contribution in [3.8, 4) is 0 Å². The van der Waals surface area contributed by atoms with E-state index in [1.807, 2.05) is 0 Å². The van der Waals surface area contributed by atoms with Crippen LogP contribution in [0.4, 0.5) is 5.13 Å². The largest absolute Gasteiger partial charge is 0.296 e. The molecular formula is C18H22N4O3S2. The summed E-state index contributed by atoms with van der Waals surface area (Å²) >= 11 is 1.56. The summed E-state index contributed by atoms with van der Waals surface area (Å²) in [6.07, 6.45) is 7.55. The first kappa shape index (κ1) is 17.4. The summed E-state index contributed by atoms with van der Waals surface area (Å²) in [5.41, 5.74) is 3.58. The van der Waals surface area contributed by atoms with Gasteiger partial charge < -0.3 is 0 Å². The molecule has 0 bridgehead atoms. The minimum absolute atomic E-state index is 0.0688. The van der Waals surface area contributed by atoms with E-state index in [4.69, 9.17) is 0 Å². The first-order valence-electron chi connectivity index (χ1n) is 9.61. The Bertz CT molecular complexity index is 998. The Hall–Kier alpha value is -1.74. The summed E-state index contributed by atoms with van der Waals surface area (Å²) in [4.78, 5) is 19.0. The Balaban J connectivity index is 1.46. The van der Waals surface area contributed by atoms with Crippen LogP contribution >= 0.6 is 11.3 Å². The van der Waals surface area contributed by atoms with Gasteiger partial charge in [0.25, 0.3) is 5.91 Å². The van der Waals surface area contributed by atoms with E-state index in [0.29, 0.717) is 17.2 Å². The molecule has 27 heavy (non-hydrogen) atoms. The van der Waals surface area contributed by atoms with E-state index in [0.717, 1.165) is 55.5 Å². The molecular weight excluding hydrogens is 384 g/mol. The number of aromatic nitrogens is 3. The fourth-order valence-electron chi connectivity index (χ4n) is 4.45. The standard InChI is InChI=1S/C18H22N4O3S2/c23-17(20-18-19-14-5-1-2-7-15(14)26-18)16-12-4-3-6-13(12)21-22(16)11-8-9-27(24,25)10-11/h11H,1-10H2,(H,19,20,23)/t11-/m0/s1. The Morgan fingerprint density at radius 1 is 1.11 bits per heavy atom. The van der Waals surface area contributed by atoms with Crippen LogP contribution in [0.15, 0.2) is 0 Å². The van der Waals surface area contributed by atoms with Gasteiger partial charge in [-0.25, -0.2) is 13.4 Å². The molecule has 1 fully saturated rings. The number of carbonyl (C=O) groups is 1. The molecule has 1 atom stereocenters. The number of nitrogens with zero attached hydrogens (tertiary/aromatic N) is 3. The van der Waals surface area contributed by atoms with E-state index >= 15 is 0 Å². The Morgan fingerprint density at radius 2 is 1.93 bits per heavy atom. The number of anilines is 1. The van der Waals surface area contributed by atoms with Gasteiger partial charge in [-0.15, -0.1) is 11.3 Å².